The first-order valence-electron chi connectivity index (χ1n) is 10.0. The summed E-state index contributed by atoms with van der Waals surface area (Å²) in [6.45, 7) is 2.59. The molecule has 0 aromatic heterocycles. The number of carbonyl (C=O) groups excluding carboxylic acids is 2. The fraction of sp³-hybridized carbons (Fsp3) is 0.619. The third kappa shape index (κ3) is 4.70. The average Bonchev–Trinajstić information content (AvgIpc) is 2.69. The highest BCUT2D eigenvalue weighted by atomic mass is 19.1. The largest absolute Gasteiger partial charge is 0.383 e. The summed E-state index contributed by atoms with van der Waals surface area (Å²) in [4.78, 5) is 29.6. The van der Waals surface area contributed by atoms with Gasteiger partial charge in [-0.05, 0) is 45.5 Å². The van der Waals surface area contributed by atoms with E-state index >= 15 is 0 Å². The number of likely N-dealkylation sites (tertiary alicyclic amines) is 2. The van der Waals surface area contributed by atoms with Crippen molar-refractivity contribution in [3.8, 4) is 0 Å². The summed E-state index contributed by atoms with van der Waals surface area (Å²) in [6, 6.07) is 5.95. The second-order valence-corrected chi connectivity index (χ2v) is 7.78. The van der Waals surface area contributed by atoms with Gasteiger partial charge in [0.1, 0.15) is 5.82 Å². The van der Waals surface area contributed by atoms with E-state index in [0.717, 1.165) is 25.9 Å². The van der Waals surface area contributed by atoms with E-state index in [1.807, 2.05) is 0 Å². The van der Waals surface area contributed by atoms with Gasteiger partial charge < -0.3 is 19.9 Å². The van der Waals surface area contributed by atoms with Gasteiger partial charge in [0.15, 0.2) is 0 Å². The fourth-order valence-corrected chi connectivity index (χ4v) is 4.24. The monoisotopic (exact) mass is 391 g/mol. The molecule has 0 radical (unpaired) electrons. The van der Waals surface area contributed by atoms with E-state index in [2.05, 4.69) is 17.3 Å². The van der Waals surface area contributed by atoms with Gasteiger partial charge in [0.2, 0.25) is 11.8 Å². The van der Waals surface area contributed by atoms with E-state index in [1.165, 1.54) is 6.07 Å². The first-order chi connectivity index (χ1) is 13.5. The Hall–Kier alpha value is -1.99. The third-order valence-electron chi connectivity index (χ3n) is 5.87. The zero-order valence-electron chi connectivity index (χ0n) is 16.7. The van der Waals surface area contributed by atoms with Crippen LogP contribution in [0.2, 0.25) is 0 Å². The van der Waals surface area contributed by atoms with Crippen molar-refractivity contribution < 1.29 is 18.7 Å². The zero-order chi connectivity index (χ0) is 20.1. The van der Waals surface area contributed by atoms with Gasteiger partial charge in [-0.1, -0.05) is 18.2 Å². The van der Waals surface area contributed by atoms with Crippen molar-refractivity contribution in [3.63, 3.8) is 0 Å². The molecule has 28 heavy (non-hydrogen) atoms. The molecule has 2 aliphatic heterocycles. The van der Waals surface area contributed by atoms with Gasteiger partial charge in [-0.25, -0.2) is 4.39 Å². The van der Waals surface area contributed by atoms with Gasteiger partial charge in [0.25, 0.3) is 0 Å². The number of ether oxygens (including phenoxy) is 1. The number of halogens is 1. The predicted octanol–water partition coefficient (Wildman–Crippen LogP) is 1.96. The van der Waals surface area contributed by atoms with Gasteiger partial charge in [0.05, 0.1) is 18.6 Å². The maximum Gasteiger partial charge on any atom is 0.225 e. The smallest absolute Gasteiger partial charge is 0.225 e. The lowest BCUT2D eigenvalue weighted by Gasteiger charge is -2.41. The average molecular weight is 391 g/mol. The molecule has 0 spiro atoms. The van der Waals surface area contributed by atoms with E-state index in [4.69, 9.17) is 4.74 Å². The summed E-state index contributed by atoms with van der Waals surface area (Å²) in [7, 11) is 3.64. The molecule has 2 atom stereocenters. The Morgan fingerprint density at radius 1 is 1.25 bits per heavy atom. The third-order valence-corrected chi connectivity index (χ3v) is 5.87. The molecule has 0 aliphatic carbocycles. The van der Waals surface area contributed by atoms with Crippen LogP contribution in [0.15, 0.2) is 24.3 Å². The number of amides is 2. The summed E-state index contributed by atoms with van der Waals surface area (Å²) in [5.74, 6) is -1.00. The molecule has 6 nitrogen and oxygen atoms in total. The number of benzene rings is 1. The van der Waals surface area contributed by atoms with Crippen LogP contribution in [-0.4, -0.2) is 68.1 Å². The highest BCUT2D eigenvalue weighted by Gasteiger charge is 2.42. The highest BCUT2D eigenvalue weighted by molar-refractivity contribution is 5.85. The molecule has 2 saturated heterocycles. The first-order valence-corrected chi connectivity index (χ1v) is 10.0. The molecule has 154 valence electrons. The van der Waals surface area contributed by atoms with Gasteiger partial charge >= 0.3 is 0 Å². The summed E-state index contributed by atoms with van der Waals surface area (Å²) < 4.78 is 19.8. The molecule has 0 saturated carbocycles. The minimum atomic E-state index is -0.608. The van der Waals surface area contributed by atoms with Crippen LogP contribution in [0.3, 0.4) is 0 Å². The normalized spacial score (nSPS) is 24.4. The lowest BCUT2D eigenvalue weighted by molar-refractivity contribution is -0.144. The molecule has 0 unspecified atom stereocenters. The topological polar surface area (TPSA) is 61.9 Å². The van der Waals surface area contributed by atoms with Crippen LogP contribution < -0.4 is 5.32 Å². The van der Waals surface area contributed by atoms with E-state index in [1.54, 1.807) is 30.2 Å². The number of carbonyl (C=O) groups is 2. The van der Waals surface area contributed by atoms with Crippen LogP contribution >= 0.6 is 0 Å². The first kappa shape index (κ1) is 20.7. The maximum atomic E-state index is 14.6. The maximum absolute atomic E-state index is 14.6. The Labute approximate surface area is 166 Å². The van der Waals surface area contributed by atoms with Crippen LogP contribution in [0, 0.1) is 11.7 Å². The van der Waals surface area contributed by atoms with Crippen molar-refractivity contribution in [1.29, 1.82) is 0 Å². The Bertz CT molecular complexity index is 691. The Morgan fingerprint density at radius 3 is 2.64 bits per heavy atom. The highest BCUT2D eigenvalue weighted by Crippen LogP contribution is 2.38. The lowest BCUT2D eigenvalue weighted by Crippen LogP contribution is -2.52. The summed E-state index contributed by atoms with van der Waals surface area (Å²) in [5.41, 5.74) is 0.398. The van der Waals surface area contributed by atoms with E-state index in [-0.39, 0.29) is 23.7 Å². The van der Waals surface area contributed by atoms with Crippen molar-refractivity contribution in [2.45, 2.75) is 37.8 Å². The van der Waals surface area contributed by atoms with Crippen molar-refractivity contribution in [1.82, 2.24) is 15.1 Å². The second kappa shape index (κ2) is 9.47. The molecule has 2 aliphatic rings. The SMILES string of the molecule is COCCN1C(=O)CC[C@@H](C(=O)NC2CCN(C)CC2)[C@@H]1c1ccccc1F. The zero-order valence-corrected chi connectivity index (χ0v) is 16.7. The van der Waals surface area contributed by atoms with E-state index in [0.29, 0.717) is 31.6 Å². The van der Waals surface area contributed by atoms with Gasteiger partial charge in [-0.15, -0.1) is 0 Å². The molecule has 7 heteroatoms. The number of rotatable bonds is 6. The number of nitrogens with one attached hydrogen (secondary N) is 1. The van der Waals surface area contributed by atoms with Crippen LogP contribution in [0.1, 0.15) is 37.3 Å². The Kier molecular flexibility index (Phi) is 7.02. The van der Waals surface area contributed by atoms with E-state index < -0.39 is 12.0 Å². The molecule has 3 rings (SSSR count). The van der Waals surface area contributed by atoms with Crippen molar-refractivity contribution >= 4 is 11.8 Å². The lowest BCUT2D eigenvalue weighted by atomic mass is 9.83. The minimum absolute atomic E-state index is 0.0614. The molecule has 2 amide bonds. The van der Waals surface area contributed by atoms with Crippen molar-refractivity contribution in [2.24, 2.45) is 5.92 Å². The quantitative estimate of drug-likeness (QED) is 0.805. The van der Waals surface area contributed by atoms with Gasteiger partial charge in [0, 0.05) is 31.7 Å². The van der Waals surface area contributed by atoms with E-state index in [9.17, 15) is 14.0 Å². The Balaban J connectivity index is 1.83. The fourth-order valence-electron chi connectivity index (χ4n) is 4.24. The standard InChI is InChI=1S/C21H30FN3O3/c1-24-11-9-15(10-12-24)23-21(27)17-7-8-19(26)25(13-14-28-2)20(17)16-5-3-4-6-18(16)22/h3-6,15,17,20H,7-14H2,1-2H3,(H,23,27)/t17-,20+/m1/s1. The molecule has 2 heterocycles. The number of methoxy groups -OCH3 is 1. The summed E-state index contributed by atoms with van der Waals surface area (Å²) in [6.07, 6.45) is 2.54. The molecular formula is C21H30FN3O3. The van der Waals surface area contributed by atoms with Crippen molar-refractivity contribution in [3.05, 3.63) is 35.6 Å². The van der Waals surface area contributed by atoms with Crippen molar-refractivity contribution in [2.75, 3.05) is 40.4 Å². The molecule has 1 aromatic carbocycles. The molecule has 2 fully saturated rings. The van der Waals surface area contributed by atoms with Crippen LogP contribution in [0.5, 0.6) is 0 Å². The molecule has 0 bridgehead atoms. The Morgan fingerprint density at radius 2 is 1.96 bits per heavy atom. The summed E-state index contributed by atoms with van der Waals surface area (Å²) >= 11 is 0. The number of nitrogens with zero attached hydrogens (tertiary/aromatic N) is 2. The van der Waals surface area contributed by atoms with Gasteiger partial charge in [-0.3, -0.25) is 9.59 Å². The molecule has 1 aromatic rings. The number of hydrogen-bond donors (Lipinski definition) is 1. The number of piperidine rings is 2. The summed E-state index contributed by atoms with van der Waals surface area (Å²) in [5, 5.41) is 3.16. The molecular weight excluding hydrogens is 361 g/mol. The van der Waals surface area contributed by atoms with Crippen LogP contribution in [0.4, 0.5) is 4.39 Å². The number of hydrogen-bond acceptors (Lipinski definition) is 4. The minimum Gasteiger partial charge on any atom is -0.383 e. The molecule has 1 N–H and O–H groups in total. The van der Waals surface area contributed by atoms with Gasteiger partial charge in [-0.2, -0.15) is 0 Å². The van der Waals surface area contributed by atoms with Crippen LogP contribution in [0.25, 0.3) is 0 Å². The van der Waals surface area contributed by atoms with Crippen LogP contribution in [-0.2, 0) is 14.3 Å². The second-order valence-electron chi connectivity index (χ2n) is 7.78. The predicted molar refractivity (Wildman–Crippen MR) is 104 cm³/mol.